The van der Waals surface area contributed by atoms with E-state index in [-0.39, 0.29) is 11.4 Å². The van der Waals surface area contributed by atoms with Crippen molar-refractivity contribution in [3.63, 3.8) is 0 Å². The summed E-state index contributed by atoms with van der Waals surface area (Å²) in [5, 5.41) is 11.0. The molecule has 0 radical (unpaired) electrons. The average Bonchev–Trinajstić information content (AvgIpc) is 3.01. The van der Waals surface area contributed by atoms with E-state index < -0.39 is 17.6 Å². The monoisotopic (exact) mass is 406 g/mol. The quantitative estimate of drug-likeness (QED) is 0.632. The number of aryl methyl sites for hydroxylation is 1. The van der Waals surface area contributed by atoms with Crippen LogP contribution in [0.4, 0.5) is 18.9 Å². The number of hydrogen-bond donors (Lipinski definition) is 1. The summed E-state index contributed by atoms with van der Waals surface area (Å²) < 4.78 is 40.8. The minimum atomic E-state index is -4.54. The number of anilines is 1. The fourth-order valence-corrected chi connectivity index (χ4v) is 3.26. The number of thioether (sulfide) groups is 1. The molecule has 0 unspecified atom stereocenters. The number of aromatic nitrogens is 3. The summed E-state index contributed by atoms with van der Waals surface area (Å²) in [5.41, 5.74) is 0.861. The number of amides is 1. The fraction of sp³-hybridized carbons (Fsp3) is 0.211. The first kappa shape index (κ1) is 19.9. The van der Waals surface area contributed by atoms with Crippen molar-refractivity contribution >= 4 is 23.4 Å². The van der Waals surface area contributed by atoms with Crippen molar-refractivity contribution in [2.75, 3.05) is 11.1 Å². The van der Waals surface area contributed by atoms with Crippen molar-refractivity contribution in [3.8, 4) is 11.4 Å². The van der Waals surface area contributed by atoms with Gasteiger partial charge in [-0.05, 0) is 19.1 Å². The van der Waals surface area contributed by atoms with E-state index in [0.717, 1.165) is 29.0 Å². The summed E-state index contributed by atoms with van der Waals surface area (Å²) >= 11 is 1.10. The van der Waals surface area contributed by atoms with E-state index in [1.54, 1.807) is 11.6 Å². The Morgan fingerprint density at radius 1 is 1.11 bits per heavy atom. The first-order valence-electron chi connectivity index (χ1n) is 8.31. The summed E-state index contributed by atoms with van der Waals surface area (Å²) in [4.78, 5) is 12.1. The molecule has 0 fully saturated rings. The number of alkyl halides is 3. The highest BCUT2D eigenvalue weighted by Gasteiger charge is 2.33. The van der Waals surface area contributed by atoms with Gasteiger partial charge in [-0.3, -0.25) is 4.79 Å². The smallest absolute Gasteiger partial charge is 0.325 e. The third kappa shape index (κ3) is 4.53. The lowest BCUT2D eigenvalue weighted by molar-refractivity contribution is -0.137. The van der Waals surface area contributed by atoms with Gasteiger partial charge in [0.2, 0.25) is 5.91 Å². The number of carbonyl (C=O) groups excluding carboxylic acids is 1. The Bertz CT molecular complexity index is 984. The molecule has 0 aliphatic heterocycles. The Labute approximate surface area is 164 Å². The lowest BCUT2D eigenvalue weighted by Gasteiger charge is -2.13. The maximum Gasteiger partial charge on any atom is 0.418 e. The standard InChI is InChI=1S/C19H17F3N4OS/c1-12-7-9-13(10-8-12)17-24-25-18(26(17)2)28-11-16(27)23-15-6-4-3-5-14(15)19(20,21)22/h3-10H,11H2,1-2H3,(H,23,27). The van der Waals surface area contributed by atoms with Gasteiger partial charge in [0.25, 0.3) is 0 Å². The van der Waals surface area contributed by atoms with Crippen LogP contribution in [0.15, 0.2) is 53.7 Å². The minimum absolute atomic E-state index is 0.0912. The van der Waals surface area contributed by atoms with Gasteiger partial charge in [-0.1, -0.05) is 53.7 Å². The molecule has 3 rings (SSSR count). The minimum Gasteiger partial charge on any atom is -0.325 e. The second-order valence-electron chi connectivity index (χ2n) is 6.11. The lowest BCUT2D eigenvalue weighted by Crippen LogP contribution is -2.18. The zero-order valence-corrected chi connectivity index (χ0v) is 15.9. The third-order valence-corrected chi connectivity index (χ3v) is 5.00. The Morgan fingerprint density at radius 3 is 2.46 bits per heavy atom. The molecule has 146 valence electrons. The van der Waals surface area contributed by atoms with Crippen LogP contribution in [-0.4, -0.2) is 26.4 Å². The molecule has 0 aliphatic rings. The van der Waals surface area contributed by atoms with Crippen molar-refractivity contribution in [3.05, 3.63) is 59.7 Å². The zero-order chi connectivity index (χ0) is 20.3. The first-order valence-corrected chi connectivity index (χ1v) is 9.29. The number of para-hydroxylation sites is 1. The fourth-order valence-electron chi connectivity index (χ4n) is 2.55. The van der Waals surface area contributed by atoms with Crippen molar-refractivity contribution in [2.45, 2.75) is 18.3 Å². The van der Waals surface area contributed by atoms with Crippen LogP contribution in [-0.2, 0) is 18.0 Å². The number of benzene rings is 2. The van der Waals surface area contributed by atoms with Crippen LogP contribution in [0.2, 0.25) is 0 Å². The van der Waals surface area contributed by atoms with Gasteiger partial charge in [0, 0.05) is 12.6 Å². The molecule has 3 aromatic rings. The summed E-state index contributed by atoms with van der Waals surface area (Å²) in [5.74, 6) is -0.00148. The first-order chi connectivity index (χ1) is 13.3. The highest BCUT2D eigenvalue weighted by Crippen LogP contribution is 2.34. The molecule has 0 atom stereocenters. The number of nitrogens with zero attached hydrogens (tertiary/aromatic N) is 3. The van der Waals surface area contributed by atoms with E-state index in [1.165, 1.54) is 18.2 Å². The van der Waals surface area contributed by atoms with Crippen molar-refractivity contribution in [1.82, 2.24) is 14.8 Å². The molecule has 1 heterocycles. The molecule has 1 N–H and O–H groups in total. The SMILES string of the molecule is Cc1ccc(-c2nnc(SCC(=O)Nc3ccccc3C(F)(F)F)n2C)cc1. The molecular weight excluding hydrogens is 389 g/mol. The van der Waals surface area contributed by atoms with Gasteiger partial charge in [0.15, 0.2) is 11.0 Å². The molecule has 2 aromatic carbocycles. The number of rotatable bonds is 5. The summed E-state index contributed by atoms with van der Waals surface area (Å²) in [7, 11) is 1.77. The molecular formula is C19H17F3N4OS. The molecule has 28 heavy (non-hydrogen) atoms. The van der Waals surface area contributed by atoms with Crippen LogP contribution in [0.25, 0.3) is 11.4 Å². The highest BCUT2D eigenvalue weighted by molar-refractivity contribution is 7.99. The number of nitrogens with one attached hydrogen (secondary N) is 1. The molecule has 1 aromatic heterocycles. The molecule has 0 saturated heterocycles. The van der Waals surface area contributed by atoms with Crippen LogP contribution in [0.1, 0.15) is 11.1 Å². The zero-order valence-electron chi connectivity index (χ0n) is 15.1. The van der Waals surface area contributed by atoms with E-state index in [9.17, 15) is 18.0 Å². The molecule has 9 heteroatoms. The van der Waals surface area contributed by atoms with Crippen LogP contribution < -0.4 is 5.32 Å². The van der Waals surface area contributed by atoms with Gasteiger partial charge in [-0.25, -0.2) is 0 Å². The summed E-state index contributed by atoms with van der Waals surface area (Å²) in [6.45, 7) is 1.98. The van der Waals surface area contributed by atoms with Crippen molar-refractivity contribution in [2.24, 2.45) is 7.05 Å². The Morgan fingerprint density at radius 2 is 1.79 bits per heavy atom. The normalized spacial score (nSPS) is 11.5. The van der Waals surface area contributed by atoms with Gasteiger partial charge in [0.05, 0.1) is 17.0 Å². The van der Waals surface area contributed by atoms with E-state index in [2.05, 4.69) is 15.5 Å². The molecule has 0 bridgehead atoms. The number of hydrogen-bond acceptors (Lipinski definition) is 4. The molecule has 0 aliphatic carbocycles. The third-order valence-electron chi connectivity index (χ3n) is 3.98. The van der Waals surface area contributed by atoms with Gasteiger partial charge < -0.3 is 9.88 Å². The Hall–Kier alpha value is -2.81. The predicted molar refractivity (Wildman–Crippen MR) is 102 cm³/mol. The second kappa shape index (κ2) is 8.05. The molecule has 5 nitrogen and oxygen atoms in total. The largest absolute Gasteiger partial charge is 0.418 e. The molecule has 0 spiro atoms. The summed E-state index contributed by atoms with van der Waals surface area (Å²) in [6.07, 6.45) is -4.54. The molecule has 1 amide bonds. The Kier molecular flexibility index (Phi) is 5.73. The van der Waals surface area contributed by atoms with E-state index in [0.29, 0.717) is 11.0 Å². The highest BCUT2D eigenvalue weighted by atomic mass is 32.2. The maximum absolute atomic E-state index is 13.0. The second-order valence-corrected chi connectivity index (χ2v) is 7.05. The molecule has 0 saturated carbocycles. The summed E-state index contributed by atoms with van der Waals surface area (Å²) in [6, 6.07) is 12.6. The Balaban J connectivity index is 1.67. The van der Waals surface area contributed by atoms with E-state index in [1.807, 2.05) is 31.2 Å². The predicted octanol–water partition coefficient (Wildman–Crippen LogP) is 4.54. The van der Waals surface area contributed by atoms with E-state index in [4.69, 9.17) is 0 Å². The van der Waals surface area contributed by atoms with Crippen LogP contribution >= 0.6 is 11.8 Å². The number of carbonyl (C=O) groups is 1. The van der Waals surface area contributed by atoms with Gasteiger partial charge >= 0.3 is 6.18 Å². The van der Waals surface area contributed by atoms with Gasteiger partial charge in [-0.15, -0.1) is 10.2 Å². The van der Waals surface area contributed by atoms with Gasteiger partial charge in [-0.2, -0.15) is 13.2 Å². The number of halogens is 3. The van der Waals surface area contributed by atoms with Crippen LogP contribution in [0, 0.1) is 6.92 Å². The van der Waals surface area contributed by atoms with Crippen LogP contribution in [0.5, 0.6) is 0 Å². The van der Waals surface area contributed by atoms with Gasteiger partial charge in [0.1, 0.15) is 0 Å². The topological polar surface area (TPSA) is 59.8 Å². The van der Waals surface area contributed by atoms with Crippen molar-refractivity contribution in [1.29, 1.82) is 0 Å². The van der Waals surface area contributed by atoms with Crippen LogP contribution in [0.3, 0.4) is 0 Å². The average molecular weight is 406 g/mol. The van der Waals surface area contributed by atoms with E-state index >= 15 is 0 Å². The van der Waals surface area contributed by atoms with Crippen molar-refractivity contribution < 1.29 is 18.0 Å². The lowest BCUT2D eigenvalue weighted by atomic mass is 10.1. The maximum atomic E-state index is 13.0.